The molecule has 3 rings (SSSR count). The van der Waals surface area contributed by atoms with Crippen LogP contribution in [0.1, 0.15) is 12.0 Å². The number of fused-ring (bicyclic) bond motifs is 1. The van der Waals surface area contributed by atoms with Crippen LogP contribution >= 0.6 is 0 Å². The van der Waals surface area contributed by atoms with E-state index in [0.29, 0.717) is 22.0 Å². The molecule has 0 aliphatic heterocycles. The molecule has 116 valence electrons. The fraction of sp³-hybridized carbons (Fsp3) is 0.118. The lowest BCUT2D eigenvalue weighted by Crippen LogP contribution is -1.98. The molecule has 0 amide bonds. The zero-order chi connectivity index (χ0) is 16.4. The Hall–Kier alpha value is -3.15. The number of benzene rings is 2. The molecule has 0 radical (unpaired) electrons. The Bertz CT molecular complexity index is 884. The van der Waals surface area contributed by atoms with Gasteiger partial charge in [0.2, 0.25) is 0 Å². The van der Waals surface area contributed by atoms with Crippen molar-refractivity contribution in [3.05, 3.63) is 64.3 Å². The van der Waals surface area contributed by atoms with Crippen LogP contribution in [0.2, 0.25) is 0 Å². The zero-order valence-electron chi connectivity index (χ0n) is 12.2. The molecule has 2 N–H and O–H groups in total. The number of carboxylic acids is 1. The second kappa shape index (κ2) is 5.92. The quantitative estimate of drug-likeness (QED) is 0.554. The van der Waals surface area contributed by atoms with Crippen molar-refractivity contribution in [2.75, 3.05) is 0 Å². The second-order valence-corrected chi connectivity index (χ2v) is 5.22. The summed E-state index contributed by atoms with van der Waals surface area (Å²) in [5.41, 5.74) is 2.57. The number of carboxylic acid groups (broad SMARTS) is 1. The monoisotopic (exact) mass is 310 g/mol. The first-order valence-corrected chi connectivity index (χ1v) is 7.12. The third-order valence-electron chi connectivity index (χ3n) is 3.78. The molecule has 0 bridgehead atoms. The van der Waals surface area contributed by atoms with Crippen molar-refractivity contribution in [3.8, 4) is 11.1 Å². The van der Waals surface area contributed by atoms with Crippen LogP contribution < -0.4 is 0 Å². The highest BCUT2D eigenvalue weighted by molar-refractivity contribution is 5.99. The third kappa shape index (κ3) is 2.78. The van der Waals surface area contributed by atoms with Crippen molar-refractivity contribution in [2.24, 2.45) is 0 Å². The van der Waals surface area contributed by atoms with Gasteiger partial charge in [-0.3, -0.25) is 14.9 Å². The number of nitrogens with one attached hydrogen (secondary N) is 1. The highest BCUT2D eigenvalue weighted by atomic mass is 16.6. The number of aryl methyl sites for hydroxylation is 1. The summed E-state index contributed by atoms with van der Waals surface area (Å²) in [5, 5.41) is 21.0. The first kappa shape index (κ1) is 14.8. The fourth-order valence-corrected chi connectivity index (χ4v) is 2.75. The maximum absolute atomic E-state index is 11.7. The number of aromatic nitrogens is 1. The largest absolute Gasteiger partial charge is 0.481 e. The molecule has 0 aliphatic carbocycles. The van der Waals surface area contributed by atoms with Gasteiger partial charge in [-0.25, -0.2) is 0 Å². The number of nitro benzene ring substituents is 1. The number of aromatic amines is 1. The molecule has 1 aromatic heterocycles. The maximum atomic E-state index is 11.7. The molecule has 6 nitrogen and oxygen atoms in total. The predicted molar refractivity (Wildman–Crippen MR) is 86.3 cm³/mol. The Labute approximate surface area is 131 Å². The van der Waals surface area contributed by atoms with Crippen molar-refractivity contribution in [3.63, 3.8) is 0 Å². The zero-order valence-corrected chi connectivity index (χ0v) is 12.2. The normalized spacial score (nSPS) is 10.8. The molecule has 0 saturated carbocycles. The van der Waals surface area contributed by atoms with Gasteiger partial charge in [0.05, 0.1) is 21.4 Å². The molecule has 3 aromatic rings. The average Bonchev–Trinajstić information content (AvgIpc) is 2.95. The van der Waals surface area contributed by atoms with Gasteiger partial charge in [0.25, 0.3) is 5.69 Å². The summed E-state index contributed by atoms with van der Waals surface area (Å²) >= 11 is 0. The lowest BCUT2D eigenvalue weighted by molar-refractivity contribution is -0.382. The predicted octanol–water partition coefficient (Wildman–Crippen LogP) is 3.76. The Kier molecular flexibility index (Phi) is 3.80. The van der Waals surface area contributed by atoms with Crippen LogP contribution in [0.4, 0.5) is 5.69 Å². The van der Waals surface area contributed by atoms with Gasteiger partial charge in [0.15, 0.2) is 0 Å². The number of nitro groups is 1. The molecular formula is C17H14N2O4. The van der Waals surface area contributed by atoms with E-state index in [0.717, 1.165) is 5.56 Å². The van der Waals surface area contributed by atoms with Gasteiger partial charge in [-0.15, -0.1) is 0 Å². The molecule has 0 spiro atoms. The molecule has 0 fully saturated rings. The number of hydrogen-bond acceptors (Lipinski definition) is 3. The topological polar surface area (TPSA) is 96.2 Å². The number of rotatable bonds is 5. The summed E-state index contributed by atoms with van der Waals surface area (Å²) in [6.45, 7) is 0. The summed E-state index contributed by atoms with van der Waals surface area (Å²) < 4.78 is 0. The Morgan fingerprint density at radius 2 is 1.91 bits per heavy atom. The van der Waals surface area contributed by atoms with Crippen molar-refractivity contribution in [1.29, 1.82) is 0 Å². The van der Waals surface area contributed by atoms with Crippen LogP contribution in [0.15, 0.2) is 48.7 Å². The van der Waals surface area contributed by atoms with E-state index in [4.69, 9.17) is 5.11 Å². The van der Waals surface area contributed by atoms with E-state index in [1.54, 1.807) is 18.3 Å². The number of nitrogens with zero attached hydrogens (tertiary/aromatic N) is 1. The number of aliphatic carboxylic acids is 1. The molecule has 6 heteroatoms. The van der Waals surface area contributed by atoms with Gasteiger partial charge in [-0.05, 0) is 29.7 Å². The lowest BCUT2D eigenvalue weighted by Gasteiger charge is -2.06. The van der Waals surface area contributed by atoms with Crippen molar-refractivity contribution < 1.29 is 14.8 Å². The summed E-state index contributed by atoms with van der Waals surface area (Å²) in [5.74, 6) is -0.929. The molecule has 0 saturated heterocycles. The molecule has 0 unspecified atom stereocenters. The van der Waals surface area contributed by atoms with Gasteiger partial charge in [0, 0.05) is 12.6 Å². The van der Waals surface area contributed by atoms with Crippen molar-refractivity contribution >= 4 is 22.6 Å². The van der Waals surface area contributed by atoms with Crippen molar-refractivity contribution in [1.82, 2.24) is 4.98 Å². The first-order chi connectivity index (χ1) is 11.1. The Balaban J connectivity index is 2.23. The van der Waals surface area contributed by atoms with E-state index < -0.39 is 10.9 Å². The smallest absolute Gasteiger partial charge is 0.303 e. The lowest BCUT2D eigenvalue weighted by atomic mass is 9.98. The van der Waals surface area contributed by atoms with Gasteiger partial charge in [-0.2, -0.15) is 0 Å². The van der Waals surface area contributed by atoms with Crippen LogP contribution in [-0.2, 0) is 11.2 Å². The SMILES string of the molecule is O=C(O)CCc1c[nH]c2ccc(-c3ccccc3)c([N+](=O)[O-])c12. The molecular weight excluding hydrogens is 296 g/mol. The van der Waals surface area contributed by atoms with Crippen molar-refractivity contribution in [2.45, 2.75) is 12.8 Å². The second-order valence-electron chi connectivity index (χ2n) is 5.22. The molecule has 2 aromatic carbocycles. The minimum atomic E-state index is -0.929. The van der Waals surface area contributed by atoms with Gasteiger partial charge >= 0.3 is 5.97 Å². The molecule has 1 heterocycles. The van der Waals surface area contributed by atoms with Gasteiger partial charge in [0.1, 0.15) is 0 Å². The standard InChI is InChI=1S/C17H14N2O4/c20-15(21)9-6-12-10-18-14-8-7-13(11-4-2-1-3-5-11)17(16(12)14)19(22)23/h1-5,7-8,10,18H,6,9H2,(H,20,21). The first-order valence-electron chi connectivity index (χ1n) is 7.12. The number of H-pyrrole nitrogens is 1. The van der Waals surface area contributed by atoms with Crippen LogP contribution in [0.5, 0.6) is 0 Å². The average molecular weight is 310 g/mol. The molecule has 0 aliphatic rings. The minimum Gasteiger partial charge on any atom is -0.481 e. The third-order valence-corrected chi connectivity index (χ3v) is 3.78. The van der Waals surface area contributed by atoms with E-state index in [1.807, 2.05) is 30.3 Å². The highest BCUT2D eigenvalue weighted by Crippen LogP contribution is 2.38. The summed E-state index contributed by atoms with van der Waals surface area (Å²) in [7, 11) is 0. The van der Waals surface area contributed by atoms with Crippen LogP contribution in [-0.4, -0.2) is 21.0 Å². The van der Waals surface area contributed by atoms with Crippen LogP contribution in [0, 0.1) is 10.1 Å². The summed E-state index contributed by atoms with van der Waals surface area (Å²) in [6.07, 6.45) is 1.82. The number of carbonyl (C=O) groups is 1. The van der Waals surface area contributed by atoms with E-state index in [2.05, 4.69) is 4.98 Å². The Morgan fingerprint density at radius 1 is 1.17 bits per heavy atom. The van der Waals surface area contributed by atoms with E-state index in [9.17, 15) is 14.9 Å². The maximum Gasteiger partial charge on any atom is 0.303 e. The van der Waals surface area contributed by atoms with Gasteiger partial charge in [-0.1, -0.05) is 30.3 Å². The van der Waals surface area contributed by atoms with Gasteiger partial charge < -0.3 is 10.1 Å². The Morgan fingerprint density at radius 3 is 2.57 bits per heavy atom. The molecule has 23 heavy (non-hydrogen) atoms. The van der Waals surface area contributed by atoms with Crippen LogP contribution in [0.3, 0.4) is 0 Å². The number of hydrogen-bond donors (Lipinski definition) is 2. The van der Waals surface area contributed by atoms with Crippen LogP contribution in [0.25, 0.3) is 22.0 Å². The van der Waals surface area contributed by atoms with E-state index in [-0.39, 0.29) is 18.5 Å². The molecule has 0 atom stereocenters. The summed E-state index contributed by atoms with van der Waals surface area (Å²) in [6, 6.07) is 12.6. The minimum absolute atomic E-state index is 0.00957. The highest BCUT2D eigenvalue weighted by Gasteiger charge is 2.23. The van der Waals surface area contributed by atoms with E-state index >= 15 is 0 Å². The fourth-order valence-electron chi connectivity index (χ4n) is 2.75. The van der Waals surface area contributed by atoms with E-state index in [1.165, 1.54) is 0 Å². The summed E-state index contributed by atoms with van der Waals surface area (Å²) in [4.78, 5) is 25.1.